The Morgan fingerprint density at radius 2 is 1.50 bits per heavy atom. The Morgan fingerprint density at radius 3 is 2.00 bits per heavy atom. The summed E-state index contributed by atoms with van der Waals surface area (Å²) < 4.78 is 6.86. The van der Waals surface area contributed by atoms with Gasteiger partial charge in [-0.2, -0.15) is 0 Å². The molecule has 0 atom stereocenters. The van der Waals surface area contributed by atoms with Gasteiger partial charge in [-0.15, -0.1) is 0 Å². The van der Waals surface area contributed by atoms with Gasteiger partial charge in [0.15, 0.2) is 11.6 Å². The van der Waals surface area contributed by atoms with Gasteiger partial charge in [0.05, 0.1) is 6.61 Å². The fourth-order valence-electron chi connectivity index (χ4n) is 5.23. The summed E-state index contributed by atoms with van der Waals surface area (Å²) in [4.78, 5) is 26.8. The van der Waals surface area contributed by atoms with E-state index < -0.39 is 0 Å². The predicted molar refractivity (Wildman–Crippen MR) is 121 cm³/mol. The van der Waals surface area contributed by atoms with Crippen molar-refractivity contribution in [2.75, 3.05) is 6.61 Å². The number of nitrogens with one attached hydrogen (secondary N) is 1. The molecule has 0 fully saturated rings. The van der Waals surface area contributed by atoms with Crippen molar-refractivity contribution in [1.29, 1.82) is 0 Å². The van der Waals surface area contributed by atoms with Crippen molar-refractivity contribution in [1.82, 2.24) is 5.32 Å². The SMILES string of the molecule is CCOc1ccc(Br)cc1C1C2=C(CC(C)(C)CC2=O)NC2=C1C(=O)CC(C)(C)C2. The minimum atomic E-state index is -0.373. The van der Waals surface area contributed by atoms with Crippen LogP contribution in [0, 0.1) is 10.8 Å². The molecule has 0 bridgehead atoms. The van der Waals surface area contributed by atoms with Crippen molar-refractivity contribution < 1.29 is 14.3 Å². The molecule has 0 saturated heterocycles. The number of benzene rings is 1. The van der Waals surface area contributed by atoms with E-state index in [1.165, 1.54) is 0 Å². The quantitative estimate of drug-likeness (QED) is 0.602. The molecule has 0 aromatic heterocycles. The summed E-state index contributed by atoms with van der Waals surface area (Å²) in [5, 5.41) is 3.56. The molecule has 0 amide bonds. The standard InChI is InChI=1S/C25H30BrNO3/c1-6-30-20-8-7-14(26)9-15(20)21-22-16(10-24(2,3)12-18(22)28)27-17-11-25(4,5)13-19(29)23(17)21/h7-9,21,27H,6,10-13H2,1-5H3. The summed E-state index contributed by atoms with van der Waals surface area (Å²) in [5.41, 5.74) is 4.16. The maximum absolute atomic E-state index is 13.4. The van der Waals surface area contributed by atoms with Gasteiger partial charge in [0.25, 0.3) is 0 Å². The molecule has 3 aliphatic rings. The van der Waals surface area contributed by atoms with E-state index in [1.54, 1.807) is 0 Å². The zero-order valence-electron chi connectivity index (χ0n) is 18.4. The van der Waals surface area contributed by atoms with Crippen LogP contribution in [-0.4, -0.2) is 18.2 Å². The lowest BCUT2D eigenvalue weighted by Crippen LogP contribution is -2.42. The van der Waals surface area contributed by atoms with Gasteiger partial charge in [-0.3, -0.25) is 9.59 Å². The number of Topliss-reactive ketones (excluding diaryl/α,β-unsaturated/α-hetero) is 2. The highest BCUT2D eigenvalue weighted by atomic mass is 79.9. The first-order valence-corrected chi connectivity index (χ1v) is 11.5. The van der Waals surface area contributed by atoms with Gasteiger partial charge < -0.3 is 10.1 Å². The second kappa shape index (κ2) is 7.37. The van der Waals surface area contributed by atoms with Crippen LogP contribution >= 0.6 is 15.9 Å². The smallest absolute Gasteiger partial charge is 0.162 e. The lowest BCUT2D eigenvalue weighted by atomic mass is 9.64. The van der Waals surface area contributed by atoms with Crippen molar-refractivity contribution in [2.24, 2.45) is 10.8 Å². The van der Waals surface area contributed by atoms with E-state index in [1.807, 2.05) is 25.1 Å². The Balaban J connectivity index is 1.96. The zero-order valence-corrected chi connectivity index (χ0v) is 20.0. The lowest BCUT2D eigenvalue weighted by molar-refractivity contribution is -0.119. The van der Waals surface area contributed by atoms with Crippen LogP contribution in [-0.2, 0) is 9.59 Å². The summed E-state index contributed by atoms with van der Waals surface area (Å²) in [7, 11) is 0. The largest absolute Gasteiger partial charge is 0.494 e. The average Bonchev–Trinajstić information content (AvgIpc) is 2.59. The molecule has 30 heavy (non-hydrogen) atoms. The summed E-state index contributed by atoms with van der Waals surface area (Å²) in [5.74, 6) is 0.625. The van der Waals surface area contributed by atoms with Gasteiger partial charge in [-0.05, 0) is 48.8 Å². The van der Waals surface area contributed by atoms with Crippen LogP contribution in [0.5, 0.6) is 5.75 Å². The number of ketones is 2. The Hall–Kier alpha value is -1.88. The third-order valence-corrected chi connectivity index (χ3v) is 6.79. The van der Waals surface area contributed by atoms with Crippen LogP contribution in [0.3, 0.4) is 0 Å². The number of carbonyl (C=O) groups excluding carboxylic acids is 2. The van der Waals surface area contributed by atoms with Crippen molar-refractivity contribution in [3.8, 4) is 5.75 Å². The van der Waals surface area contributed by atoms with Crippen molar-refractivity contribution >= 4 is 27.5 Å². The Bertz CT molecular complexity index is 948. The number of allylic oxidation sites excluding steroid dienone is 4. The number of hydrogen-bond donors (Lipinski definition) is 1. The molecule has 0 unspecified atom stereocenters. The molecule has 1 heterocycles. The van der Waals surface area contributed by atoms with Crippen molar-refractivity contribution in [3.63, 3.8) is 0 Å². The molecular formula is C25H30BrNO3. The number of halogens is 1. The molecule has 5 heteroatoms. The van der Waals surface area contributed by atoms with E-state index in [0.29, 0.717) is 19.4 Å². The van der Waals surface area contributed by atoms with E-state index >= 15 is 0 Å². The highest BCUT2D eigenvalue weighted by Gasteiger charge is 2.47. The first-order valence-electron chi connectivity index (χ1n) is 10.7. The number of ether oxygens (including phenoxy) is 1. The fraction of sp³-hybridized carbons (Fsp3) is 0.520. The number of rotatable bonds is 3. The van der Waals surface area contributed by atoms with Crippen LogP contribution in [0.1, 0.15) is 71.8 Å². The third kappa shape index (κ3) is 3.77. The lowest BCUT2D eigenvalue weighted by Gasteiger charge is -2.44. The van der Waals surface area contributed by atoms with E-state index in [0.717, 1.165) is 51.2 Å². The molecule has 4 rings (SSSR count). The monoisotopic (exact) mass is 471 g/mol. The Morgan fingerprint density at radius 1 is 0.967 bits per heavy atom. The molecule has 160 valence electrons. The number of dihydropyridines is 1. The van der Waals surface area contributed by atoms with E-state index in [4.69, 9.17) is 4.74 Å². The first kappa shape index (κ1) is 21.4. The van der Waals surface area contributed by atoms with Gasteiger partial charge in [-0.1, -0.05) is 43.6 Å². The Labute approximate surface area is 187 Å². The molecule has 0 saturated carbocycles. The van der Waals surface area contributed by atoms with E-state index in [2.05, 4.69) is 48.9 Å². The molecule has 1 N–H and O–H groups in total. The molecule has 1 aromatic rings. The van der Waals surface area contributed by atoms with E-state index in [-0.39, 0.29) is 28.3 Å². The third-order valence-electron chi connectivity index (χ3n) is 6.30. The van der Waals surface area contributed by atoms with Gasteiger partial charge in [0.1, 0.15) is 5.75 Å². The molecule has 1 aliphatic heterocycles. The molecule has 4 nitrogen and oxygen atoms in total. The first-order chi connectivity index (χ1) is 14.0. The normalized spacial score (nSPS) is 23.1. The van der Waals surface area contributed by atoms with Gasteiger partial charge in [0, 0.05) is 51.3 Å². The zero-order chi connectivity index (χ0) is 21.8. The molecule has 0 spiro atoms. The summed E-state index contributed by atoms with van der Waals surface area (Å²) in [6, 6.07) is 5.88. The van der Waals surface area contributed by atoms with Crippen LogP contribution in [0.2, 0.25) is 0 Å². The van der Waals surface area contributed by atoms with Crippen LogP contribution < -0.4 is 10.1 Å². The second-order valence-electron chi connectivity index (χ2n) is 10.3. The van der Waals surface area contributed by atoms with Crippen LogP contribution in [0.4, 0.5) is 0 Å². The highest BCUT2D eigenvalue weighted by Crippen LogP contribution is 2.52. The molecule has 2 aliphatic carbocycles. The summed E-state index contributed by atoms with van der Waals surface area (Å²) in [6.07, 6.45) is 2.58. The minimum Gasteiger partial charge on any atom is -0.494 e. The predicted octanol–water partition coefficient (Wildman–Crippen LogP) is 5.82. The molecule has 1 aromatic carbocycles. The molecular weight excluding hydrogens is 442 g/mol. The molecule has 0 radical (unpaired) electrons. The topological polar surface area (TPSA) is 55.4 Å². The fourth-order valence-corrected chi connectivity index (χ4v) is 5.61. The van der Waals surface area contributed by atoms with Crippen molar-refractivity contribution in [2.45, 2.75) is 66.2 Å². The Kier molecular flexibility index (Phi) is 5.24. The highest BCUT2D eigenvalue weighted by molar-refractivity contribution is 9.10. The number of carbonyl (C=O) groups is 2. The minimum absolute atomic E-state index is 0.0975. The van der Waals surface area contributed by atoms with Crippen LogP contribution in [0.15, 0.2) is 45.2 Å². The van der Waals surface area contributed by atoms with Crippen LogP contribution in [0.25, 0.3) is 0 Å². The maximum atomic E-state index is 13.4. The summed E-state index contributed by atoms with van der Waals surface area (Å²) in [6.45, 7) is 11.0. The average molecular weight is 472 g/mol. The van der Waals surface area contributed by atoms with E-state index in [9.17, 15) is 9.59 Å². The van der Waals surface area contributed by atoms with Gasteiger partial charge in [-0.25, -0.2) is 0 Å². The van der Waals surface area contributed by atoms with Gasteiger partial charge >= 0.3 is 0 Å². The second-order valence-corrected chi connectivity index (χ2v) is 11.3. The van der Waals surface area contributed by atoms with Gasteiger partial charge in [0.2, 0.25) is 0 Å². The number of hydrogen-bond acceptors (Lipinski definition) is 4. The van der Waals surface area contributed by atoms with Crippen molar-refractivity contribution in [3.05, 3.63) is 50.8 Å². The maximum Gasteiger partial charge on any atom is 0.162 e. The summed E-state index contributed by atoms with van der Waals surface area (Å²) >= 11 is 3.58.